The van der Waals surface area contributed by atoms with E-state index in [2.05, 4.69) is 87.2 Å². The van der Waals surface area contributed by atoms with Gasteiger partial charge in [0.25, 0.3) is 0 Å². The minimum Gasteiger partial charge on any atom is -0.461 e. The molecule has 0 bridgehead atoms. The number of aliphatic hydroxyl groups excluding tert-OH is 2. The van der Waals surface area contributed by atoms with Crippen LogP contribution in [0.2, 0.25) is 42.3 Å². The average molecular weight is 951 g/mol. The van der Waals surface area contributed by atoms with Crippen molar-refractivity contribution in [1.82, 2.24) is 0 Å². The summed E-state index contributed by atoms with van der Waals surface area (Å²) in [7, 11) is -3.79. The Balaban J connectivity index is 1.85. The van der Waals surface area contributed by atoms with Crippen molar-refractivity contribution >= 4 is 22.4 Å². The van der Waals surface area contributed by atoms with Gasteiger partial charge in [0, 0.05) is 51.4 Å². The van der Waals surface area contributed by atoms with Gasteiger partial charge in [-0.05, 0) is 71.5 Å². The van der Waals surface area contributed by atoms with E-state index in [0.29, 0.717) is 67.7 Å². The lowest BCUT2D eigenvalue weighted by Gasteiger charge is -2.51. The quantitative estimate of drug-likeness (QED) is 0.0289. The second-order valence-electron chi connectivity index (χ2n) is 21.0. The van der Waals surface area contributed by atoms with Crippen LogP contribution in [0.15, 0.2) is 91.0 Å². The number of hydrogen-bond acceptors (Lipinski definition) is 10. The zero-order valence-corrected chi connectivity index (χ0v) is 44.3. The molecule has 1 fully saturated rings. The standard InChI is InChI=1S/C54H86O10Si2/c1-40(2)66(41(3)4,42(5)6)62-37-49-51(61-39-58-31-32-65(9,10)11)50(64-53(63-49)47-27-19-14-20-28-47)48(34-56)54(29-21-22-30-55,38-60-52(57)46-25-17-13-18-26-46)33-43(7)44(8)35-59-36-45-23-15-12-16-24-45/h12-20,23-28,40-44,48-51,53,55-56H,21-22,29-39H2,1-11H3/t43-,44-,48+,49+,50-,51+,53+,54-/m0/s1. The SMILES string of the molecule is CC(C)[Si](OC[C@H]1O[C@@H](c2ccccc2)O[C@@H]([C@@H](CO)[C@](CCCCO)(COC(=O)c2ccccc2)C[C@H](C)[C@@H](C)COCc2ccccc2)[C@@H]1OCOCC[Si](C)(C)C)(C(C)C)C(C)C. The first-order valence-corrected chi connectivity index (χ1v) is 30.6. The normalized spacial score (nSPS) is 20.6. The van der Waals surface area contributed by atoms with Gasteiger partial charge in [-0.15, -0.1) is 0 Å². The molecule has 66 heavy (non-hydrogen) atoms. The lowest BCUT2D eigenvalue weighted by Crippen LogP contribution is -2.60. The van der Waals surface area contributed by atoms with Gasteiger partial charge < -0.3 is 43.1 Å². The van der Waals surface area contributed by atoms with Crippen molar-refractivity contribution in [2.45, 2.75) is 155 Å². The second-order valence-corrected chi connectivity index (χ2v) is 32.1. The molecule has 1 aliphatic rings. The van der Waals surface area contributed by atoms with Gasteiger partial charge in [0.1, 0.15) is 19.0 Å². The molecule has 0 unspecified atom stereocenters. The number of ether oxygens (including phenoxy) is 6. The van der Waals surface area contributed by atoms with E-state index in [1.807, 2.05) is 66.7 Å². The molecule has 0 amide bonds. The summed E-state index contributed by atoms with van der Waals surface area (Å²) in [6.07, 6.45) is -0.579. The number of rotatable bonds is 30. The lowest BCUT2D eigenvalue weighted by molar-refractivity contribution is -0.329. The minimum absolute atomic E-state index is 0.0107. The van der Waals surface area contributed by atoms with Crippen molar-refractivity contribution in [3.05, 3.63) is 108 Å². The zero-order chi connectivity index (χ0) is 48.3. The number of esters is 1. The molecule has 3 aromatic carbocycles. The van der Waals surface area contributed by atoms with E-state index in [1.54, 1.807) is 12.1 Å². The highest BCUT2D eigenvalue weighted by molar-refractivity contribution is 6.77. The maximum Gasteiger partial charge on any atom is 0.338 e. The van der Waals surface area contributed by atoms with Crippen molar-refractivity contribution in [2.75, 3.05) is 46.4 Å². The van der Waals surface area contributed by atoms with Gasteiger partial charge in [0.2, 0.25) is 0 Å². The number of carbonyl (C=O) groups is 1. The molecule has 12 heteroatoms. The van der Waals surface area contributed by atoms with Gasteiger partial charge in [0.15, 0.2) is 14.6 Å². The molecular weight excluding hydrogens is 865 g/mol. The summed E-state index contributed by atoms with van der Waals surface area (Å²) in [6.45, 7) is 26.7. The third-order valence-corrected chi connectivity index (χ3v) is 21.8. The Morgan fingerprint density at radius 3 is 1.94 bits per heavy atom. The first kappa shape index (κ1) is 55.8. The van der Waals surface area contributed by atoms with E-state index in [0.717, 1.165) is 17.2 Å². The summed E-state index contributed by atoms with van der Waals surface area (Å²) in [6, 6.07) is 30.1. The van der Waals surface area contributed by atoms with Crippen LogP contribution in [0.25, 0.3) is 0 Å². The molecule has 1 aliphatic heterocycles. The first-order chi connectivity index (χ1) is 31.5. The monoisotopic (exact) mass is 951 g/mol. The molecule has 370 valence electrons. The van der Waals surface area contributed by atoms with Crippen LogP contribution in [0.5, 0.6) is 0 Å². The number of unbranched alkanes of at least 4 members (excludes halogenated alkanes) is 1. The molecule has 0 saturated carbocycles. The molecule has 3 aromatic rings. The van der Waals surface area contributed by atoms with Crippen LogP contribution in [-0.2, 0) is 39.5 Å². The Morgan fingerprint density at radius 1 is 0.758 bits per heavy atom. The highest BCUT2D eigenvalue weighted by Gasteiger charge is 2.54. The fraction of sp³-hybridized carbons (Fsp3) is 0.648. The van der Waals surface area contributed by atoms with E-state index in [9.17, 15) is 15.0 Å². The third-order valence-electron chi connectivity index (χ3n) is 14.0. The molecule has 1 saturated heterocycles. The Morgan fingerprint density at radius 2 is 1.36 bits per heavy atom. The number of carbonyl (C=O) groups excluding carboxylic acids is 1. The Kier molecular flexibility index (Phi) is 23.2. The fourth-order valence-electron chi connectivity index (χ4n) is 10.1. The van der Waals surface area contributed by atoms with Crippen LogP contribution in [0.3, 0.4) is 0 Å². The Labute approximate surface area is 400 Å². The van der Waals surface area contributed by atoms with Gasteiger partial charge in [-0.3, -0.25) is 0 Å². The first-order valence-electron chi connectivity index (χ1n) is 24.7. The average Bonchev–Trinajstić information content (AvgIpc) is 3.29. The predicted molar refractivity (Wildman–Crippen MR) is 269 cm³/mol. The molecule has 1 heterocycles. The highest BCUT2D eigenvalue weighted by atomic mass is 28.4. The second kappa shape index (κ2) is 27.4. The third kappa shape index (κ3) is 16.2. The van der Waals surface area contributed by atoms with Gasteiger partial charge >= 0.3 is 5.97 Å². The van der Waals surface area contributed by atoms with E-state index in [1.165, 1.54) is 0 Å². The number of aliphatic hydroxyl groups is 2. The Hall–Kier alpha value is -2.76. The molecule has 0 aliphatic carbocycles. The number of benzene rings is 3. The summed E-state index contributed by atoms with van der Waals surface area (Å²) < 4.78 is 47.4. The summed E-state index contributed by atoms with van der Waals surface area (Å²) in [5.41, 5.74) is 2.57. The summed E-state index contributed by atoms with van der Waals surface area (Å²) in [5, 5.41) is 22.2. The maximum atomic E-state index is 13.9. The van der Waals surface area contributed by atoms with E-state index in [-0.39, 0.29) is 45.1 Å². The van der Waals surface area contributed by atoms with Crippen LogP contribution in [-0.4, -0.2) is 97.3 Å². The van der Waals surface area contributed by atoms with E-state index >= 15 is 0 Å². The van der Waals surface area contributed by atoms with Crippen molar-refractivity contribution < 1.29 is 47.9 Å². The lowest BCUT2D eigenvalue weighted by atomic mass is 9.63. The van der Waals surface area contributed by atoms with E-state index < -0.39 is 58.3 Å². The fourth-order valence-corrected chi connectivity index (χ4v) is 16.3. The number of hydrogen-bond donors (Lipinski definition) is 2. The van der Waals surface area contributed by atoms with Crippen molar-refractivity contribution in [2.24, 2.45) is 23.2 Å². The van der Waals surface area contributed by atoms with Crippen molar-refractivity contribution in [3.8, 4) is 0 Å². The summed E-state index contributed by atoms with van der Waals surface area (Å²) >= 11 is 0. The zero-order valence-electron chi connectivity index (χ0n) is 42.3. The minimum atomic E-state index is -2.39. The molecule has 10 nitrogen and oxygen atoms in total. The molecule has 0 spiro atoms. The van der Waals surface area contributed by atoms with Gasteiger partial charge in [0.05, 0.1) is 31.5 Å². The highest BCUT2D eigenvalue weighted by Crippen LogP contribution is 2.49. The molecular formula is C54H86O10Si2. The van der Waals surface area contributed by atoms with Crippen LogP contribution in [0.4, 0.5) is 0 Å². The topological polar surface area (TPSA) is 122 Å². The predicted octanol–water partition coefficient (Wildman–Crippen LogP) is 11.9. The molecule has 8 atom stereocenters. The van der Waals surface area contributed by atoms with Gasteiger partial charge in [-0.1, -0.05) is 160 Å². The largest absolute Gasteiger partial charge is 0.461 e. The van der Waals surface area contributed by atoms with Crippen LogP contribution < -0.4 is 0 Å². The summed E-state index contributed by atoms with van der Waals surface area (Å²) in [4.78, 5) is 13.9. The van der Waals surface area contributed by atoms with Crippen molar-refractivity contribution in [3.63, 3.8) is 0 Å². The summed E-state index contributed by atoms with van der Waals surface area (Å²) in [5.74, 6) is -0.890. The van der Waals surface area contributed by atoms with Gasteiger partial charge in [-0.2, -0.15) is 0 Å². The van der Waals surface area contributed by atoms with Gasteiger partial charge in [-0.25, -0.2) is 4.79 Å². The molecule has 0 radical (unpaired) electrons. The van der Waals surface area contributed by atoms with Crippen LogP contribution in [0, 0.1) is 23.2 Å². The Bertz CT molecular complexity index is 1750. The maximum absolute atomic E-state index is 13.9. The smallest absolute Gasteiger partial charge is 0.338 e. The van der Waals surface area contributed by atoms with Crippen LogP contribution in [0.1, 0.15) is 109 Å². The molecule has 0 aromatic heterocycles. The van der Waals surface area contributed by atoms with E-state index in [4.69, 9.17) is 32.8 Å². The van der Waals surface area contributed by atoms with Crippen molar-refractivity contribution in [1.29, 1.82) is 0 Å². The molecule has 4 rings (SSSR count). The van der Waals surface area contributed by atoms with Crippen LogP contribution >= 0.6 is 0 Å². The molecule has 2 N–H and O–H groups in total.